The van der Waals surface area contributed by atoms with Crippen LogP contribution in [0.2, 0.25) is 0 Å². The van der Waals surface area contributed by atoms with Crippen molar-refractivity contribution in [2.24, 2.45) is 11.3 Å². The van der Waals surface area contributed by atoms with Gasteiger partial charge in [-0.05, 0) is 12.8 Å². The average Bonchev–Trinajstić information content (AvgIpc) is 2.38. The molecule has 0 heterocycles. The highest BCUT2D eigenvalue weighted by Gasteiger charge is 2.47. The summed E-state index contributed by atoms with van der Waals surface area (Å²) in [6.45, 7) is 1.69. The molecule has 1 N–H and O–H groups in total. The van der Waals surface area contributed by atoms with Gasteiger partial charge in [0, 0.05) is 16.0 Å². The van der Waals surface area contributed by atoms with Crippen LogP contribution in [0.15, 0.2) is 41.4 Å². The van der Waals surface area contributed by atoms with Crippen LogP contribution in [0, 0.1) is 11.3 Å². The van der Waals surface area contributed by atoms with Crippen LogP contribution in [0.5, 0.6) is 0 Å². The Balaban J connectivity index is 2.41. The predicted octanol–water partition coefficient (Wildman–Crippen LogP) is 3.49. The second-order valence-corrected chi connectivity index (χ2v) is 5.55. The van der Waals surface area contributed by atoms with Crippen molar-refractivity contribution in [2.75, 3.05) is 0 Å². The number of rotatable bonds is 3. The van der Waals surface area contributed by atoms with E-state index in [-0.39, 0.29) is 12.2 Å². The lowest BCUT2D eigenvalue weighted by molar-refractivity contribution is -0.145. The minimum absolute atomic E-state index is 0.160. The van der Waals surface area contributed by atoms with E-state index in [2.05, 4.69) is 0 Å². The Kier molecular flexibility index (Phi) is 3.76. The van der Waals surface area contributed by atoms with Gasteiger partial charge in [-0.25, -0.2) is 0 Å². The summed E-state index contributed by atoms with van der Waals surface area (Å²) in [5.41, 5.74) is -0.457. The molecule has 1 aromatic rings. The Morgan fingerprint density at radius 3 is 2.53 bits per heavy atom. The van der Waals surface area contributed by atoms with E-state index in [4.69, 9.17) is 11.6 Å². The fraction of sp³-hybridized carbons (Fsp3) is 0.333. The van der Waals surface area contributed by atoms with Gasteiger partial charge >= 0.3 is 5.97 Å². The van der Waals surface area contributed by atoms with Crippen molar-refractivity contribution < 1.29 is 14.7 Å². The average molecular weight is 279 g/mol. The van der Waals surface area contributed by atoms with Crippen molar-refractivity contribution in [3.8, 4) is 0 Å². The number of halogens is 1. The van der Waals surface area contributed by atoms with E-state index >= 15 is 0 Å². The molecule has 4 heteroatoms. The maximum absolute atomic E-state index is 12.6. The number of carbonyl (C=O) groups excluding carboxylic acids is 1. The van der Waals surface area contributed by atoms with E-state index in [0.717, 1.165) is 0 Å². The third kappa shape index (κ3) is 2.56. The second kappa shape index (κ2) is 5.17. The first kappa shape index (κ1) is 13.8. The molecule has 0 saturated carbocycles. The first-order chi connectivity index (χ1) is 8.95. The topological polar surface area (TPSA) is 54.4 Å². The smallest absolute Gasteiger partial charge is 0.307 e. The van der Waals surface area contributed by atoms with Gasteiger partial charge in [-0.2, -0.15) is 0 Å². The summed E-state index contributed by atoms with van der Waals surface area (Å²) in [6.07, 6.45) is 2.27. The molecule has 0 saturated heterocycles. The maximum atomic E-state index is 12.6. The minimum atomic E-state index is -0.987. The Hall–Kier alpha value is -1.61. The van der Waals surface area contributed by atoms with Crippen LogP contribution in [-0.4, -0.2) is 16.9 Å². The van der Waals surface area contributed by atoms with Crippen LogP contribution in [0.3, 0.4) is 0 Å². The van der Waals surface area contributed by atoms with E-state index in [9.17, 15) is 14.7 Å². The Labute approximate surface area is 116 Å². The Morgan fingerprint density at radius 1 is 1.32 bits per heavy atom. The number of benzene rings is 1. The molecule has 1 aliphatic rings. The van der Waals surface area contributed by atoms with Crippen LogP contribution in [0.25, 0.3) is 0 Å². The zero-order valence-corrected chi connectivity index (χ0v) is 11.4. The van der Waals surface area contributed by atoms with Crippen LogP contribution in [0.4, 0.5) is 0 Å². The molecule has 0 unspecified atom stereocenters. The number of aliphatic carboxylic acids is 1. The summed E-state index contributed by atoms with van der Waals surface area (Å²) in [4.78, 5) is 24.0. The monoisotopic (exact) mass is 278 g/mol. The quantitative estimate of drug-likeness (QED) is 0.861. The van der Waals surface area contributed by atoms with Crippen molar-refractivity contribution >= 4 is 23.4 Å². The largest absolute Gasteiger partial charge is 0.481 e. The number of Topliss-reactive ketones (excluding diaryl/α,β-unsaturated/α-hetero) is 1. The standard InChI is InChI=1S/C15H15ClO3/c1-15(13(17)10-5-3-2-4-6-10)9-11(16)7-8-12(15)14(18)19/h2-7,12H,8-9H2,1H3,(H,18,19)/t12-,15-/m0/s1. The minimum Gasteiger partial charge on any atom is -0.481 e. The zero-order chi connectivity index (χ0) is 14.0. The molecule has 1 aromatic carbocycles. The highest BCUT2D eigenvalue weighted by Crippen LogP contribution is 2.44. The van der Waals surface area contributed by atoms with E-state index in [1.165, 1.54) is 0 Å². The number of hydrogen-bond donors (Lipinski definition) is 1. The summed E-state index contributed by atoms with van der Waals surface area (Å²) in [7, 11) is 0. The number of allylic oxidation sites excluding steroid dienone is 2. The molecule has 0 amide bonds. The Bertz CT molecular complexity index is 536. The van der Waals surface area contributed by atoms with Gasteiger partial charge in [0.1, 0.15) is 0 Å². The van der Waals surface area contributed by atoms with Crippen molar-refractivity contribution in [2.45, 2.75) is 19.8 Å². The van der Waals surface area contributed by atoms with Gasteiger partial charge in [-0.1, -0.05) is 54.9 Å². The van der Waals surface area contributed by atoms with Gasteiger partial charge in [0.05, 0.1) is 5.92 Å². The molecule has 0 fully saturated rings. The lowest BCUT2D eigenvalue weighted by atomic mass is 9.66. The molecule has 19 heavy (non-hydrogen) atoms. The molecule has 100 valence electrons. The summed E-state index contributed by atoms with van der Waals surface area (Å²) in [6, 6.07) is 8.78. The van der Waals surface area contributed by atoms with Crippen LogP contribution in [0.1, 0.15) is 30.1 Å². The van der Waals surface area contributed by atoms with Gasteiger partial charge < -0.3 is 5.11 Å². The first-order valence-corrected chi connectivity index (χ1v) is 6.50. The van der Waals surface area contributed by atoms with Crippen molar-refractivity contribution in [1.82, 2.24) is 0 Å². The molecule has 0 aromatic heterocycles. The fourth-order valence-electron chi connectivity index (χ4n) is 2.58. The lowest BCUT2D eigenvalue weighted by Crippen LogP contribution is -2.42. The molecule has 2 atom stereocenters. The first-order valence-electron chi connectivity index (χ1n) is 6.12. The van der Waals surface area contributed by atoms with Gasteiger partial charge in [0.25, 0.3) is 0 Å². The number of ketones is 1. The molecule has 0 aliphatic heterocycles. The van der Waals surface area contributed by atoms with E-state index in [1.54, 1.807) is 37.3 Å². The van der Waals surface area contributed by atoms with E-state index in [1.807, 2.05) is 6.07 Å². The lowest BCUT2D eigenvalue weighted by Gasteiger charge is -2.36. The summed E-state index contributed by atoms with van der Waals surface area (Å²) in [5, 5.41) is 9.89. The van der Waals surface area contributed by atoms with E-state index < -0.39 is 17.3 Å². The fourth-order valence-corrected chi connectivity index (χ4v) is 2.95. The predicted molar refractivity (Wildman–Crippen MR) is 73.2 cm³/mol. The van der Waals surface area contributed by atoms with Gasteiger partial charge in [-0.15, -0.1) is 0 Å². The van der Waals surface area contributed by atoms with Gasteiger partial charge in [0.2, 0.25) is 0 Å². The molecule has 2 rings (SSSR count). The maximum Gasteiger partial charge on any atom is 0.307 e. The SMILES string of the molecule is C[C@]1(C(=O)c2ccccc2)CC(Cl)=CC[C@H]1C(=O)O. The third-order valence-corrected chi connectivity index (χ3v) is 4.02. The van der Waals surface area contributed by atoms with Crippen molar-refractivity contribution in [1.29, 1.82) is 0 Å². The summed E-state index contributed by atoms with van der Waals surface area (Å²) in [5.74, 6) is -1.85. The molecule has 0 spiro atoms. The summed E-state index contributed by atoms with van der Waals surface area (Å²) >= 11 is 6.02. The highest BCUT2D eigenvalue weighted by molar-refractivity contribution is 6.30. The molecule has 3 nitrogen and oxygen atoms in total. The summed E-state index contributed by atoms with van der Waals surface area (Å²) < 4.78 is 0. The number of hydrogen-bond acceptors (Lipinski definition) is 2. The van der Waals surface area contributed by atoms with Crippen molar-refractivity contribution in [3.63, 3.8) is 0 Å². The molecule has 1 aliphatic carbocycles. The number of carboxylic acids is 1. The highest BCUT2D eigenvalue weighted by atomic mass is 35.5. The normalized spacial score (nSPS) is 26.6. The Morgan fingerprint density at radius 2 is 1.95 bits per heavy atom. The second-order valence-electron chi connectivity index (χ2n) is 5.07. The molecular formula is C15H15ClO3. The molecule has 0 bridgehead atoms. The van der Waals surface area contributed by atoms with Gasteiger partial charge in [0.15, 0.2) is 5.78 Å². The van der Waals surface area contributed by atoms with Crippen LogP contribution >= 0.6 is 11.6 Å². The zero-order valence-electron chi connectivity index (χ0n) is 10.6. The number of carboxylic acid groups (broad SMARTS) is 1. The van der Waals surface area contributed by atoms with E-state index in [0.29, 0.717) is 17.0 Å². The van der Waals surface area contributed by atoms with Crippen LogP contribution < -0.4 is 0 Å². The number of carbonyl (C=O) groups is 2. The third-order valence-electron chi connectivity index (χ3n) is 3.73. The molecule has 0 radical (unpaired) electrons. The molecular weight excluding hydrogens is 264 g/mol. The van der Waals surface area contributed by atoms with Crippen molar-refractivity contribution in [3.05, 3.63) is 47.0 Å². The van der Waals surface area contributed by atoms with Crippen LogP contribution in [-0.2, 0) is 4.79 Å². The van der Waals surface area contributed by atoms with Gasteiger partial charge in [-0.3, -0.25) is 9.59 Å².